The molecule has 0 fully saturated rings. The third-order valence-corrected chi connectivity index (χ3v) is 3.52. The molecule has 19 heavy (non-hydrogen) atoms. The Morgan fingerprint density at radius 3 is 2.63 bits per heavy atom. The zero-order chi connectivity index (χ0) is 14.0. The van der Waals surface area contributed by atoms with E-state index in [9.17, 15) is 5.11 Å². The summed E-state index contributed by atoms with van der Waals surface area (Å²) in [4.78, 5) is 2.27. The van der Waals surface area contributed by atoms with Crippen molar-refractivity contribution in [1.82, 2.24) is 0 Å². The van der Waals surface area contributed by atoms with Crippen molar-refractivity contribution in [2.75, 3.05) is 11.9 Å². The van der Waals surface area contributed by atoms with Crippen LogP contribution in [0.4, 0.5) is 11.4 Å². The van der Waals surface area contributed by atoms with E-state index in [0.29, 0.717) is 4.99 Å². The summed E-state index contributed by atoms with van der Waals surface area (Å²) in [6.45, 7) is 0. The number of halogens is 1. The number of phenolic OH excluding ortho intramolecular Hbond substituents is 1. The normalized spacial score (nSPS) is 10.2. The van der Waals surface area contributed by atoms with E-state index < -0.39 is 0 Å². The summed E-state index contributed by atoms with van der Waals surface area (Å²) in [6.07, 6.45) is 0. The van der Waals surface area contributed by atoms with Crippen LogP contribution >= 0.6 is 28.1 Å². The highest BCUT2D eigenvalue weighted by Crippen LogP contribution is 2.31. The van der Waals surface area contributed by atoms with Crippen LogP contribution in [0.1, 0.15) is 5.56 Å². The first-order valence-corrected chi connectivity index (χ1v) is 6.81. The summed E-state index contributed by atoms with van der Waals surface area (Å²) in [5.74, 6) is 0.219. The molecule has 0 saturated carbocycles. The number of hydrogen-bond acceptors (Lipinski definition) is 3. The van der Waals surface area contributed by atoms with Crippen molar-refractivity contribution in [1.29, 1.82) is 0 Å². The summed E-state index contributed by atoms with van der Waals surface area (Å²) >= 11 is 8.51. The molecule has 2 aromatic rings. The van der Waals surface area contributed by atoms with E-state index in [0.717, 1.165) is 21.4 Å². The lowest BCUT2D eigenvalue weighted by Gasteiger charge is -2.22. The summed E-state index contributed by atoms with van der Waals surface area (Å²) in [7, 11) is 1.90. The molecule has 2 rings (SSSR count). The highest BCUT2D eigenvalue weighted by Gasteiger charge is 2.12. The molecule has 0 aliphatic carbocycles. The van der Waals surface area contributed by atoms with E-state index in [1.165, 1.54) is 0 Å². The largest absolute Gasteiger partial charge is 0.508 e. The van der Waals surface area contributed by atoms with Gasteiger partial charge >= 0.3 is 0 Å². The van der Waals surface area contributed by atoms with Gasteiger partial charge in [-0.1, -0.05) is 34.2 Å². The number of nitrogens with two attached hydrogens (primary N) is 1. The van der Waals surface area contributed by atoms with Gasteiger partial charge in [-0.3, -0.25) is 0 Å². The second kappa shape index (κ2) is 5.59. The lowest BCUT2D eigenvalue weighted by atomic mass is 10.1. The standard InChI is InChI=1S/C14H13BrN2OS/c1-17(10-3-2-4-11(18)8-10)13-7-9(15)5-6-12(13)14(16)19/h2-8,18H,1H3,(H2,16,19). The number of anilines is 2. The molecule has 0 radical (unpaired) electrons. The minimum Gasteiger partial charge on any atom is -0.508 e. The van der Waals surface area contributed by atoms with E-state index >= 15 is 0 Å². The van der Waals surface area contributed by atoms with Gasteiger partial charge in [0.15, 0.2) is 0 Å². The van der Waals surface area contributed by atoms with Crippen molar-refractivity contribution in [3.8, 4) is 5.75 Å². The molecular weight excluding hydrogens is 324 g/mol. The fraction of sp³-hybridized carbons (Fsp3) is 0.0714. The number of aromatic hydroxyl groups is 1. The second-order valence-electron chi connectivity index (χ2n) is 4.10. The van der Waals surface area contributed by atoms with Crippen LogP contribution in [0.2, 0.25) is 0 Å². The quantitative estimate of drug-likeness (QED) is 0.841. The lowest BCUT2D eigenvalue weighted by Crippen LogP contribution is -2.17. The molecule has 0 amide bonds. The highest BCUT2D eigenvalue weighted by atomic mass is 79.9. The van der Waals surface area contributed by atoms with Crippen LogP contribution < -0.4 is 10.6 Å². The molecular formula is C14H13BrN2OS. The Morgan fingerprint density at radius 1 is 1.26 bits per heavy atom. The first-order chi connectivity index (χ1) is 8.99. The SMILES string of the molecule is CN(c1cccc(O)c1)c1cc(Br)ccc1C(N)=S. The van der Waals surface area contributed by atoms with Crippen molar-refractivity contribution >= 4 is 44.5 Å². The van der Waals surface area contributed by atoms with Crippen LogP contribution in [0.3, 0.4) is 0 Å². The summed E-state index contributed by atoms with van der Waals surface area (Å²) in [5.41, 5.74) is 8.28. The van der Waals surface area contributed by atoms with Crippen molar-refractivity contribution in [3.05, 3.63) is 52.5 Å². The molecule has 5 heteroatoms. The van der Waals surface area contributed by atoms with Crippen molar-refractivity contribution < 1.29 is 5.11 Å². The number of rotatable bonds is 3. The monoisotopic (exact) mass is 336 g/mol. The predicted molar refractivity (Wildman–Crippen MR) is 86.2 cm³/mol. The number of nitrogens with zero attached hydrogens (tertiary/aromatic N) is 1. The maximum atomic E-state index is 9.56. The lowest BCUT2D eigenvalue weighted by molar-refractivity contribution is 0.475. The molecule has 2 aromatic carbocycles. The number of thiocarbonyl (C=S) groups is 1. The van der Waals surface area contributed by atoms with Crippen molar-refractivity contribution in [3.63, 3.8) is 0 Å². The Bertz CT molecular complexity index is 631. The molecule has 0 unspecified atom stereocenters. The van der Waals surface area contributed by atoms with Crippen LogP contribution in [-0.4, -0.2) is 17.1 Å². The average molecular weight is 337 g/mol. The van der Waals surface area contributed by atoms with Gasteiger partial charge in [-0.2, -0.15) is 0 Å². The zero-order valence-electron chi connectivity index (χ0n) is 10.3. The van der Waals surface area contributed by atoms with E-state index in [-0.39, 0.29) is 5.75 Å². The molecule has 0 atom stereocenters. The van der Waals surface area contributed by atoms with Gasteiger partial charge in [0.25, 0.3) is 0 Å². The number of phenols is 1. The van der Waals surface area contributed by atoms with Gasteiger partial charge in [0, 0.05) is 28.8 Å². The average Bonchev–Trinajstić information content (AvgIpc) is 2.37. The topological polar surface area (TPSA) is 49.5 Å². The van der Waals surface area contributed by atoms with Crippen LogP contribution in [-0.2, 0) is 0 Å². The Hall–Kier alpha value is -1.59. The Kier molecular flexibility index (Phi) is 4.07. The van der Waals surface area contributed by atoms with Crippen LogP contribution in [0.5, 0.6) is 5.75 Å². The van der Waals surface area contributed by atoms with Gasteiger partial charge in [-0.25, -0.2) is 0 Å². The number of hydrogen-bond donors (Lipinski definition) is 2. The molecule has 0 spiro atoms. The molecule has 0 aliphatic heterocycles. The fourth-order valence-electron chi connectivity index (χ4n) is 1.83. The smallest absolute Gasteiger partial charge is 0.117 e. The van der Waals surface area contributed by atoms with Crippen LogP contribution in [0, 0.1) is 0 Å². The zero-order valence-corrected chi connectivity index (χ0v) is 12.7. The molecule has 0 heterocycles. The highest BCUT2D eigenvalue weighted by molar-refractivity contribution is 9.10. The third kappa shape index (κ3) is 3.05. The minimum absolute atomic E-state index is 0.219. The minimum atomic E-state index is 0.219. The molecule has 0 bridgehead atoms. The van der Waals surface area contributed by atoms with Crippen molar-refractivity contribution in [2.24, 2.45) is 5.73 Å². The van der Waals surface area contributed by atoms with E-state index in [4.69, 9.17) is 18.0 Å². The predicted octanol–water partition coefficient (Wildman–Crippen LogP) is 3.56. The molecule has 3 N–H and O–H groups in total. The molecule has 0 aliphatic rings. The van der Waals surface area contributed by atoms with Gasteiger partial charge in [0.05, 0.1) is 5.69 Å². The summed E-state index contributed by atoms with van der Waals surface area (Å²) in [5, 5.41) is 9.56. The molecule has 98 valence electrons. The van der Waals surface area contributed by atoms with Crippen molar-refractivity contribution in [2.45, 2.75) is 0 Å². The van der Waals surface area contributed by atoms with E-state index in [1.54, 1.807) is 18.2 Å². The maximum Gasteiger partial charge on any atom is 0.117 e. The summed E-state index contributed by atoms with van der Waals surface area (Å²) in [6, 6.07) is 12.7. The first kappa shape index (κ1) is 13.8. The summed E-state index contributed by atoms with van der Waals surface area (Å²) < 4.78 is 0.939. The van der Waals surface area contributed by atoms with Gasteiger partial charge < -0.3 is 15.7 Å². The van der Waals surface area contributed by atoms with Gasteiger partial charge in [-0.15, -0.1) is 0 Å². The number of benzene rings is 2. The molecule has 0 aromatic heterocycles. The Labute approximate surface area is 125 Å². The third-order valence-electron chi connectivity index (χ3n) is 2.80. The first-order valence-electron chi connectivity index (χ1n) is 5.61. The molecule has 0 saturated heterocycles. The fourth-order valence-corrected chi connectivity index (χ4v) is 2.35. The Balaban J connectivity index is 2.51. The van der Waals surface area contributed by atoms with Crippen LogP contribution in [0.15, 0.2) is 46.9 Å². The maximum absolute atomic E-state index is 9.56. The van der Waals surface area contributed by atoms with E-state index in [1.807, 2.05) is 36.2 Å². The van der Waals surface area contributed by atoms with Gasteiger partial charge in [0.1, 0.15) is 10.7 Å². The Morgan fingerprint density at radius 2 is 2.00 bits per heavy atom. The van der Waals surface area contributed by atoms with Gasteiger partial charge in [-0.05, 0) is 30.3 Å². The molecule has 3 nitrogen and oxygen atoms in total. The van der Waals surface area contributed by atoms with E-state index in [2.05, 4.69) is 15.9 Å². The van der Waals surface area contributed by atoms with Gasteiger partial charge in [0.2, 0.25) is 0 Å². The van der Waals surface area contributed by atoms with Crippen LogP contribution in [0.25, 0.3) is 0 Å². The second-order valence-corrected chi connectivity index (χ2v) is 5.46.